The van der Waals surface area contributed by atoms with Gasteiger partial charge in [0.05, 0.1) is 6.61 Å². The van der Waals surface area contributed by atoms with Crippen LogP contribution >= 0.6 is 0 Å². The maximum Gasteiger partial charge on any atom is 0.114 e. The van der Waals surface area contributed by atoms with E-state index in [1.807, 2.05) is 18.2 Å². The molecule has 1 saturated heterocycles. The summed E-state index contributed by atoms with van der Waals surface area (Å²) < 4.78 is 5.28. The van der Waals surface area contributed by atoms with Gasteiger partial charge in [-0.05, 0) is 12.5 Å². The lowest BCUT2D eigenvalue weighted by Crippen LogP contribution is -2.00. The predicted molar refractivity (Wildman–Crippen MR) is 39.7 cm³/mol. The van der Waals surface area contributed by atoms with Crippen molar-refractivity contribution in [1.82, 2.24) is 0 Å². The average Bonchev–Trinajstić information content (AvgIpc) is 2.72. The topological polar surface area (TPSA) is 12.5 Å². The Balaban J connectivity index is 2.35. The highest BCUT2D eigenvalue weighted by Gasteiger charge is 2.40. The molecule has 0 aromatic heterocycles. The highest BCUT2D eigenvalue weighted by molar-refractivity contribution is 5.25. The third-order valence-electron chi connectivity index (χ3n) is 1.96. The second-order valence-corrected chi connectivity index (χ2v) is 2.89. The molecule has 1 heteroatoms. The van der Waals surface area contributed by atoms with Crippen molar-refractivity contribution in [3.05, 3.63) is 35.9 Å². The van der Waals surface area contributed by atoms with Crippen LogP contribution < -0.4 is 0 Å². The summed E-state index contributed by atoms with van der Waals surface area (Å²) in [5.41, 5.74) is 1.33. The van der Waals surface area contributed by atoms with Crippen LogP contribution in [0.2, 0.25) is 0 Å². The van der Waals surface area contributed by atoms with Gasteiger partial charge in [-0.25, -0.2) is 0 Å². The van der Waals surface area contributed by atoms with E-state index in [1.54, 1.807) is 0 Å². The molecule has 1 aromatic rings. The summed E-state index contributed by atoms with van der Waals surface area (Å²) in [6.07, 6.45) is 0. The zero-order chi connectivity index (χ0) is 7.03. The molecule has 0 unspecified atom stereocenters. The molecular formula is C9H10O. The molecule has 0 radical (unpaired) electrons. The van der Waals surface area contributed by atoms with Gasteiger partial charge in [0.1, 0.15) is 5.60 Å². The second kappa shape index (κ2) is 1.83. The van der Waals surface area contributed by atoms with Crippen LogP contribution in [0.25, 0.3) is 0 Å². The maximum atomic E-state index is 5.28. The second-order valence-electron chi connectivity index (χ2n) is 2.89. The van der Waals surface area contributed by atoms with E-state index in [0.717, 1.165) is 6.61 Å². The lowest BCUT2D eigenvalue weighted by atomic mass is 10.0. The molecule has 0 saturated carbocycles. The minimum absolute atomic E-state index is 0.0429. The van der Waals surface area contributed by atoms with Gasteiger partial charge >= 0.3 is 0 Å². The molecule has 0 N–H and O–H groups in total. The lowest BCUT2D eigenvalue weighted by Gasteiger charge is -2.02. The minimum atomic E-state index is 0.0429. The van der Waals surface area contributed by atoms with Gasteiger partial charge in [0.15, 0.2) is 0 Å². The number of benzene rings is 1. The fraction of sp³-hybridized carbons (Fsp3) is 0.333. The SMILES string of the molecule is C[C@]1(c2ccccc2)CO1. The van der Waals surface area contributed by atoms with Crippen molar-refractivity contribution in [1.29, 1.82) is 0 Å². The van der Waals surface area contributed by atoms with Crippen molar-refractivity contribution in [2.24, 2.45) is 0 Å². The van der Waals surface area contributed by atoms with Gasteiger partial charge in [0, 0.05) is 0 Å². The highest BCUT2D eigenvalue weighted by atomic mass is 16.6. The molecule has 0 amide bonds. The first kappa shape index (κ1) is 5.93. The van der Waals surface area contributed by atoms with Crippen molar-refractivity contribution in [3.63, 3.8) is 0 Å². The maximum absolute atomic E-state index is 5.28. The van der Waals surface area contributed by atoms with Gasteiger partial charge in [0.25, 0.3) is 0 Å². The van der Waals surface area contributed by atoms with Crippen LogP contribution in [-0.2, 0) is 10.3 Å². The third kappa shape index (κ3) is 0.830. The Kier molecular flexibility index (Phi) is 1.08. The third-order valence-corrected chi connectivity index (χ3v) is 1.96. The van der Waals surface area contributed by atoms with Crippen LogP contribution in [-0.4, -0.2) is 6.61 Å². The molecule has 1 aromatic carbocycles. The number of hydrogen-bond acceptors (Lipinski definition) is 1. The average molecular weight is 134 g/mol. The molecular weight excluding hydrogens is 124 g/mol. The molecule has 1 fully saturated rings. The largest absolute Gasteiger partial charge is 0.365 e. The van der Waals surface area contributed by atoms with Crippen molar-refractivity contribution in [2.75, 3.05) is 6.61 Å². The highest BCUT2D eigenvalue weighted by Crippen LogP contribution is 2.37. The standard InChI is InChI=1S/C9H10O/c1-9(7-10-9)8-5-3-2-4-6-8/h2-6H,7H2,1H3/t9-/m1/s1. The normalized spacial score (nSPS) is 30.1. The van der Waals surface area contributed by atoms with Gasteiger partial charge in [0.2, 0.25) is 0 Å². The zero-order valence-electron chi connectivity index (χ0n) is 6.00. The molecule has 0 bridgehead atoms. The van der Waals surface area contributed by atoms with Crippen molar-refractivity contribution in [2.45, 2.75) is 12.5 Å². The predicted octanol–water partition coefficient (Wildman–Crippen LogP) is 1.93. The Labute approximate surface area is 60.6 Å². The van der Waals surface area contributed by atoms with Crippen LogP contribution in [0.1, 0.15) is 12.5 Å². The van der Waals surface area contributed by atoms with Gasteiger partial charge < -0.3 is 4.74 Å². The fourth-order valence-corrected chi connectivity index (χ4v) is 1.07. The summed E-state index contributed by atoms with van der Waals surface area (Å²) in [6.45, 7) is 2.99. The van der Waals surface area contributed by atoms with E-state index in [2.05, 4.69) is 19.1 Å². The number of ether oxygens (including phenoxy) is 1. The van der Waals surface area contributed by atoms with Crippen molar-refractivity contribution >= 4 is 0 Å². The number of epoxide rings is 1. The smallest absolute Gasteiger partial charge is 0.114 e. The van der Waals surface area contributed by atoms with E-state index in [1.165, 1.54) is 5.56 Å². The summed E-state index contributed by atoms with van der Waals surface area (Å²) >= 11 is 0. The number of rotatable bonds is 1. The molecule has 0 spiro atoms. The quantitative estimate of drug-likeness (QED) is 0.535. The Bertz CT molecular complexity index is 224. The Morgan fingerprint density at radius 3 is 2.40 bits per heavy atom. The van der Waals surface area contributed by atoms with Gasteiger partial charge in [-0.15, -0.1) is 0 Å². The first-order chi connectivity index (χ1) is 4.81. The van der Waals surface area contributed by atoms with Crippen LogP contribution in [0, 0.1) is 0 Å². The monoisotopic (exact) mass is 134 g/mol. The molecule has 1 aliphatic rings. The van der Waals surface area contributed by atoms with Gasteiger partial charge in [-0.3, -0.25) is 0 Å². The first-order valence-electron chi connectivity index (χ1n) is 3.51. The Hall–Kier alpha value is -0.820. The molecule has 1 aliphatic heterocycles. The molecule has 1 heterocycles. The molecule has 2 rings (SSSR count). The van der Waals surface area contributed by atoms with Crippen molar-refractivity contribution < 1.29 is 4.74 Å². The summed E-state index contributed by atoms with van der Waals surface area (Å²) in [7, 11) is 0. The van der Waals surface area contributed by atoms with E-state index < -0.39 is 0 Å². The van der Waals surface area contributed by atoms with Gasteiger partial charge in [-0.2, -0.15) is 0 Å². The van der Waals surface area contributed by atoms with Crippen LogP contribution in [0.15, 0.2) is 30.3 Å². The molecule has 0 aliphatic carbocycles. The van der Waals surface area contributed by atoms with Crippen LogP contribution in [0.4, 0.5) is 0 Å². The zero-order valence-corrected chi connectivity index (χ0v) is 6.00. The number of hydrogen-bond donors (Lipinski definition) is 0. The fourth-order valence-electron chi connectivity index (χ4n) is 1.07. The van der Waals surface area contributed by atoms with Crippen molar-refractivity contribution in [3.8, 4) is 0 Å². The summed E-state index contributed by atoms with van der Waals surface area (Å²) in [5.74, 6) is 0. The van der Waals surface area contributed by atoms with E-state index >= 15 is 0 Å². The van der Waals surface area contributed by atoms with Crippen LogP contribution in [0.3, 0.4) is 0 Å². The van der Waals surface area contributed by atoms with E-state index in [9.17, 15) is 0 Å². The van der Waals surface area contributed by atoms with E-state index in [0.29, 0.717) is 0 Å². The summed E-state index contributed by atoms with van der Waals surface area (Å²) in [4.78, 5) is 0. The first-order valence-corrected chi connectivity index (χ1v) is 3.51. The Morgan fingerprint density at radius 1 is 1.30 bits per heavy atom. The van der Waals surface area contributed by atoms with E-state index in [-0.39, 0.29) is 5.60 Å². The molecule has 1 nitrogen and oxygen atoms in total. The minimum Gasteiger partial charge on any atom is -0.365 e. The lowest BCUT2D eigenvalue weighted by molar-refractivity contribution is 0.329. The Morgan fingerprint density at radius 2 is 1.90 bits per heavy atom. The molecule has 1 atom stereocenters. The molecule has 52 valence electrons. The summed E-state index contributed by atoms with van der Waals surface area (Å²) in [5, 5.41) is 0. The molecule has 10 heavy (non-hydrogen) atoms. The van der Waals surface area contributed by atoms with Crippen LogP contribution in [0.5, 0.6) is 0 Å². The van der Waals surface area contributed by atoms with E-state index in [4.69, 9.17) is 4.74 Å². The summed E-state index contributed by atoms with van der Waals surface area (Å²) in [6, 6.07) is 10.3. The van der Waals surface area contributed by atoms with Gasteiger partial charge in [-0.1, -0.05) is 30.3 Å².